The minimum absolute atomic E-state index is 0.219. The van der Waals surface area contributed by atoms with Crippen LogP contribution in [0.25, 0.3) is 0 Å². The first kappa shape index (κ1) is 12.3. The van der Waals surface area contributed by atoms with Crippen molar-refractivity contribution in [2.75, 3.05) is 7.11 Å². The van der Waals surface area contributed by atoms with Crippen molar-refractivity contribution in [3.05, 3.63) is 23.7 Å². The van der Waals surface area contributed by atoms with Gasteiger partial charge in [0, 0.05) is 12.5 Å². The van der Waals surface area contributed by atoms with Crippen LogP contribution in [0.1, 0.15) is 29.5 Å². The first-order chi connectivity index (χ1) is 7.67. The van der Waals surface area contributed by atoms with Gasteiger partial charge >= 0.3 is 5.97 Å². The van der Waals surface area contributed by atoms with Crippen LogP contribution in [-0.2, 0) is 11.3 Å². The zero-order valence-electron chi connectivity index (χ0n) is 9.45. The monoisotopic (exact) mass is 221 g/mol. The molecule has 1 heterocycles. The molecule has 1 atom stereocenters. The number of furan rings is 1. The van der Waals surface area contributed by atoms with Gasteiger partial charge in [0.2, 0.25) is 0 Å². The number of hydrogen-bond donors (Lipinski definition) is 1. The van der Waals surface area contributed by atoms with Gasteiger partial charge < -0.3 is 14.5 Å². The molecule has 0 saturated heterocycles. The molecule has 0 fully saturated rings. The van der Waals surface area contributed by atoms with Crippen LogP contribution < -0.4 is 5.32 Å². The van der Waals surface area contributed by atoms with Gasteiger partial charge in [0.15, 0.2) is 0 Å². The standard InChI is InChI=1S/C12H15NO3/c1-4-5-9(2)13-7-11-6-10(8-16-11)12(14)15-3/h1,6,8-9,13H,5,7H2,2-3H3. The molecular weight excluding hydrogens is 206 g/mol. The summed E-state index contributed by atoms with van der Waals surface area (Å²) in [6.45, 7) is 2.53. The van der Waals surface area contributed by atoms with Gasteiger partial charge in [-0.15, -0.1) is 12.3 Å². The van der Waals surface area contributed by atoms with E-state index < -0.39 is 5.97 Å². The normalized spacial score (nSPS) is 11.8. The topological polar surface area (TPSA) is 51.5 Å². The van der Waals surface area contributed by atoms with Crippen molar-refractivity contribution in [3.63, 3.8) is 0 Å². The molecule has 0 aliphatic carbocycles. The second-order valence-electron chi connectivity index (χ2n) is 3.48. The third kappa shape index (κ3) is 3.44. The summed E-state index contributed by atoms with van der Waals surface area (Å²) < 4.78 is 9.77. The highest BCUT2D eigenvalue weighted by atomic mass is 16.5. The maximum Gasteiger partial charge on any atom is 0.341 e. The highest BCUT2D eigenvalue weighted by Crippen LogP contribution is 2.09. The fraction of sp³-hybridized carbons (Fsp3) is 0.417. The Morgan fingerprint density at radius 2 is 2.50 bits per heavy atom. The number of terminal acetylenes is 1. The van der Waals surface area contributed by atoms with Gasteiger partial charge in [0.05, 0.1) is 19.2 Å². The molecule has 86 valence electrons. The molecule has 1 aromatic heterocycles. The summed E-state index contributed by atoms with van der Waals surface area (Å²) in [6.07, 6.45) is 7.23. The maximum atomic E-state index is 11.1. The number of esters is 1. The average Bonchev–Trinajstić information content (AvgIpc) is 2.74. The molecule has 4 nitrogen and oxygen atoms in total. The third-order valence-electron chi connectivity index (χ3n) is 2.12. The van der Waals surface area contributed by atoms with Gasteiger partial charge in [-0.25, -0.2) is 4.79 Å². The number of rotatable bonds is 5. The van der Waals surface area contributed by atoms with Crippen LogP contribution in [0.4, 0.5) is 0 Å². The Labute approximate surface area is 95.0 Å². The Balaban J connectivity index is 2.47. The lowest BCUT2D eigenvalue weighted by atomic mass is 10.2. The third-order valence-corrected chi connectivity index (χ3v) is 2.12. The van der Waals surface area contributed by atoms with Crippen LogP contribution in [0.5, 0.6) is 0 Å². The zero-order chi connectivity index (χ0) is 12.0. The largest absolute Gasteiger partial charge is 0.467 e. The number of ether oxygens (including phenoxy) is 1. The van der Waals surface area contributed by atoms with Gasteiger partial charge in [-0.2, -0.15) is 0 Å². The summed E-state index contributed by atoms with van der Waals surface area (Å²) in [6, 6.07) is 1.87. The van der Waals surface area contributed by atoms with Crippen molar-refractivity contribution in [1.82, 2.24) is 5.32 Å². The Kier molecular flexibility index (Phi) is 4.62. The van der Waals surface area contributed by atoms with Gasteiger partial charge in [-0.05, 0) is 13.0 Å². The van der Waals surface area contributed by atoms with Crippen LogP contribution in [0.15, 0.2) is 16.7 Å². The van der Waals surface area contributed by atoms with Crippen molar-refractivity contribution in [2.24, 2.45) is 0 Å². The molecule has 16 heavy (non-hydrogen) atoms. The zero-order valence-corrected chi connectivity index (χ0v) is 9.45. The number of methoxy groups -OCH3 is 1. The quantitative estimate of drug-likeness (QED) is 0.605. The fourth-order valence-electron chi connectivity index (χ4n) is 1.22. The molecule has 4 heteroatoms. The van der Waals surface area contributed by atoms with E-state index in [0.717, 1.165) is 0 Å². The predicted molar refractivity (Wildman–Crippen MR) is 59.8 cm³/mol. The second kappa shape index (κ2) is 5.99. The van der Waals surface area contributed by atoms with E-state index in [1.165, 1.54) is 13.4 Å². The summed E-state index contributed by atoms with van der Waals surface area (Å²) >= 11 is 0. The van der Waals surface area contributed by atoms with E-state index in [-0.39, 0.29) is 6.04 Å². The molecule has 0 aliphatic heterocycles. The first-order valence-corrected chi connectivity index (χ1v) is 5.00. The van der Waals surface area contributed by atoms with Crippen molar-refractivity contribution < 1.29 is 13.9 Å². The van der Waals surface area contributed by atoms with E-state index in [1.807, 2.05) is 6.92 Å². The molecule has 0 bridgehead atoms. The van der Waals surface area contributed by atoms with Gasteiger partial charge in [-0.1, -0.05) is 0 Å². The molecule has 1 aromatic rings. The van der Waals surface area contributed by atoms with E-state index in [0.29, 0.717) is 24.3 Å². The number of hydrogen-bond acceptors (Lipinski definition) is 4. The molecule has 0 radical (unpaired) electrons. The van der Waals surface area contributed by atoms with Crippen molar-refractivity contribution in [3.8, 4) is 12.3 Å². The Morgan fingerprint density at radius 3 is 3.12 bits per heavy atom. The lowest BCUT2D eigenvalue weighted by molar-refractivity contribution is 0.0600. The molecule has 0 saturated carbocycles. The first-order valence-electron chi connectivity index (χ1n) is 5.00. The lowest BCUT2D eigenvalue weighted by Crippen LogP contribution is -2.24. The molecule has 1 unspecified atom stereocenters. The van der Waals surface area contributed by atoms with Crippen LogP contribution in [0.2, 0.25) is 0 Å². The van der Waals surface area contributed by atoms with E-state index in [4.69, 9.17) is 10.8 Å². The van der Waals surface area contributed by atoms with Gasteiger partial charge in [0.1, 0.15) is 12.0 Å². The molecule has 0 amide bonds. The SMILES string of the molecule is C#CCC(C)NCc1cc(C(=O)OC)co1. The summed E-state index contributed by atoms with van der Waals surface area (Å²) in [4.78, 5) is 11.1. The van der Waals surface area contributed by atoms with E-state index >= 15 is 0 Å². The summed E-state index contributed by atoms with van der Waals surface area (Å²) in [5, 5.41) is 3.18. The average molecular weight is 221 g/mol. The second-order valence-corrected chi connectivity index (χ2v) is 3.48. The number of nitrogens with one attached hydrogen (secondary N) is 1. The van der Waals surface area contributed by atoms with Crippen LogP contribution in [0, 0.1) is 12.3 Å². The smallest absolute Gasteiger partial charge is 0.341 e. The molecular formula is C12H15NO3. The Morgan fingerprint density at radius 1 is 1.75 bits per heavy atom. The molecule has 1 rings (SSSR count). The number of carbonyl (C=O) groups excluding carboxylic acids is 1. The Bertz CT molecular complexity index is 389. The maximum absolute atomic E-state index is 11.1. The summed E-state index contributed by atoms with van der Waals surface area (Å²) in [5.41, 5.74) is 0.420. The highest BCUT2D eigenvalue weighted by molar-refractivity contribution is 5.88. The van der Waals surface area contributed by atoms with E-state index in [2.05, 4.69) is 16.0 Å². The van der Waals surface area contributed by atoms with Crippen LogP contribution in [-0.4, -0.2) is 19.1 Å². The van der Waals surface area contributed by atoms with Crippen molar-refractivity contribution in [1.29, 1.82) is 0 Å². The fourth-order valence-corrected chi connectivity index (χ4v) is 1.22. The lowest BCUT2D eigenvalue weighted by Gasteiger charge is -2.08. The molecule has 0 aliphatic rings. The van der Waals surface area contributed by atoms with Crippen LogP contribution in [0.3, 0.4) is 0 Å². The minimum atomic E-state index is -0.397. The summed E-state index contributed by atoms with van der Waals surface area (Å²) in [5.74, 6) is 2.86. The van der Waals surface area contributed by atoms with E-state index in [1.54, 1.807) is 6.07 Å². The van der Waals surface area contributed by atoms with Crippen LogP contribution >= 0.6 is 0 Å². The molecule has 1 N–H and O–H groups in total. The van der Waals surface area contributed by atoms with Gasteiger partial charge in [-0.3, -0.25) is 0 Å². The van der Waals surface area contributed by atoms with E-state index in [9.17, 15) is 4.79 Å². The predicted octanol–water partition coefficient (Wildman–Crippen LogP) is 1.57. The summed E-state index contributed by atoms with van der Waals surface area (Å²) in [7, 11) is 1.34. The van der Waals surface area contributed by atoms with Crippen molar-refractivity contribution >= 4 is 5.97 Å². The minimum Gasteiger partial charge on any atom is -0.467 e. The molecule has 0 aromatic carbocycles. The highest BCUT2D eigenvalue weighted by Gasteiger charge is 2.10. The van der Waals surface area contributed by atoms with Crippen molar-refractivity contribution in [2.45, 2.75) is 25.9 Å². The Hall–Kier alpha value is -1.73. The number of carbonyl (C=O) groups is 1. The molecule has 0 spiro atoms. The van der Waals surface area contributed by atoms with Gasteiger partial charge in [0.25, 0.3) is 0 Å².